The molecule has 3 aromatic carbocycles. The van der Waals surface area contributed by atoms with Crippen molar-refractivity contribution < 1.29 is 23.8 Å². The van der Waals surface area contributed by atoms with Gasteiger partial charge in [0.1, 0.15) is 5.75 Å². The van der Waals surface area contributed by atoms with Gasteiger partial charge in [-0.15, -0.1) is 0 Å². The molecular formula is C33H39N3O5. The van der Waals surface area contributed by atoms with Gasteiger partial charge in [0.15, 0.2) is 18.1 Å². The van der Waals surface area contributed by atoms with E-state index in [4.69, 9.17) is 14.2 Å². The van der Waals surface area contributed by atoms with E-state index >= 15 is 0 Å². The molecular weight excluding hydrogens is 518 g/mol. The first kappa shape index (κ1) is 29.5. The van der Waals surface area contributed by atoms with E-state index in [9.17, 15) is 9.59 Å². The molecule has 0 fully saturated rings. The number of ether oxygens (including phenoxy) is 3. The fraction of sp³-hybridized carbons (Fsp3) is 0.333. The predicted molar refractivity (Wildman–Crippen MR) is 160 cm³/mol. The van der Waals surface area contributed by atoms with Crippen LogP contribution >= 0.6 is 0 Å². The topological polar surface area (TPSA) is 84.1 Å². The zero-order valence-electron chi connectivity index (χ0n) is 24.3. The number of aromatic amines is 1. The lowest BCUT2D eigenvalue weighted by Gasteiger charge is -2.29. The van der Waals surface area contributed by atoms with E-state index in [1.807, 2.05) is 79.5 Å². The molecule has 0 saturated heterocycles. The molecule has 1 N–H and O–H groups in total. The molecule has 2 amide bonds. The van der Waals surface area contributed by atoms with Crippen LogP contribution in [-0.2, 0) is 22.6 Å². The van der Waals surface area contributed by atoms with Gasteiger partial charge in [0.2, 0.25) is 5.91 Å². The molecule has 4 aromatic rings. The highest BCUT2D eigenvalue weighted by atomic mass is 16.5. The summed E-state index contributed by atoms with van der Waals surface area (Å²) in [4.78, 5) is 33.8. The van der Waals surface area contributed by atoms with Crippen molar-refractivity contribution in [2.75, 3.05) is 40.5 Å². The average Bonchev–Trinajstić information content (AvgIpc) is 3.40. The summed E-state index contributed by atoms with van der Waals surface area (Å²) in [6, 6.07) is 23.0. The Hall–Kier alpha value is -4.46. The molecule has 0 radical (unpaired) electrons. The number of carbonyl (C=O) groups is 2. The van der Waals surface area contributed by atoms with Crippen LogP contribution in [0, 0.1) is 5.92 Å². The number of rotatable bonds is 14. The Morgan fingerprint density at radius 1 is 0.854 bits per heavy atom. The molecule has 4 rings (SSSR count). The average molecular weight is 558 g/mol. The molecule has 0 aliphatic rings. The largest absolute Gasteiger partial charge is 0.493 e. The summed E-state index contributed by atoms with van der Waals surface area (Å²) < 4.78 is 16.6. The quantitative estimate of drug-likeness (QED) is 0.227. The number of carbonyl (C=O) groups excluding carboxylic acids is 2. The van der Waals surface area contributed by atoms with Crippen molar-refractivity contribution >= 4 is 22.7 Å². The van der Waals surface area contributed by atoms with Crippen LogP contribution in [0.5, 0.6) is 17.2 Å². The van der Waals surface area contributed by atoms with Crippen molar-refractivity contribution in [3.8, 4) is 17.2 Å². The van der Waals surface area contributed by atoms with Crippen molar-refractivity contribution in [2.45, 2.75) is 26.8 Å². The second-order valence-corrected chi connectivity index (χ2v) is 10.4. The number of nitrogens with zero attached hydrogens (tertiary/aromatic N) is 2. The molecule has 8 heteroatoms. The highest BCUT2D eigenvalue weighted by Gasteiger charge is 2.23. The van der Waals surface area contributed by atoms with Crippen molar-refractivity contribution in [2.24, 2.45) is 5.92 Å². The van der Waals surface area contributed by atoms with Crippen LogP contribution in [0.1, 0.15) is 25.0 Å². The van der Waals surface area contributed by atoms with Crippen LogP contribution in [0.3, 0.4) is 0 Å². The third kappa shape index (κ3) is 8.03. The smallest absolute Gasteiger partial charge is 0.260 e. The van der Waals surface area contributed by atoms with E-state index in [0.29, 0.717) is 43.3 Å². The van der Waals surface area contributed by atoms with Crippen LogP contribution in [0.4, 0.5) is 0 Å². The summed E-state index contributed by atoms with van der Waals surface area (Å²) in [6.07, 6.45) is 2.66. The molecule has 0 aliphatic carbocycles. The molecule has 41 heavy (non-hydrogen) atoms. The van der Waals surface area contributed by atoms with Gasteiger partial charge in [-0.25, -0.2) is 0 Å². The number of para-hydroxylation sites is 2. The van der Waals surface area contributed by atoms with Crippen LogP contribution in [0.15, 0.2) is 79.0 Å². The van der Waals surface area contributed by atoms with Gasteiger partial charge in [0.25, 0.3) is 5.91 Å². The number of aromatic nitrogens is 1. The van der Waals surface area contributed by atoms with Gasteiger partial charge in [-0.3, -0.25) is 9.59 Å². The Morgan fingerprint density at radius 3 is 2.32 bits per heavy atom. The summed E-state index contributed by atoms with van der Waals surface area (Å²) in [5.74, 6) is 1.68. The number of amides is 2. The maximum absolute atomic E-state index is 13.8. The molecule has 0 unspecified atom stereocenters. The highest BCUT2D eigenvalue weighted by Crippen LogP contribution is 2.28. The lowest BCUT2D eigenvalue weighted by atomic mass is 10.1. The Labute approximate surface area is 241 Å². The highest BCUT2D eigenvalue weighted by molar-refractivity contribution is 5.86. The minimum Gasteiger partial charge on any atom is -0.493 e. The summed E-state index contributed by atoms with van der Waals surface area (Å²) in [5.41, 5.74) is 3.11. The van der Waals surface area contributed by atoms with Gasteiger partial charge in [0.05, 0.1) is 20.8 Å². The molecule has 0 atom stereocenters. The molecule has 0 saturated carbocycles. The van der Waals surface area contributed by atoms with Crippen molar-refractivity contribution in [1.29, 1.82) is 0 Å². The number of benzene rings is 3. The van der Waals surface area contributed by atoms with Crippen LogP contribution < -0.4 is 14.2 Å². The lowest BCUT2D eigenvalue weighted by Crippen LogP contribution is -2.46. The van der Waals surface area contributed by atoms with Gasteiger partial charge in [0, 0.05) is 36.7 Å². The van der Waals surface area contributed by atoms with Gasteiger partial charge >= 0.3 is 0 Å². The minimum atomic E-state index is -0.224. The second kappa shape index (κ2) is 14.3. The normalized spacial score (nSPS) is 11.0. The molecule has 0 bridgehead atoms. The molecule has 1 aromatic heterocycles. The fourth-order valence-electron chi connectivity index (χ4n) is 4.80. The number of hydrogen-bond donors (Lipinski definition) is 1. The Bertz CT molecular complexity index is 1430. The number of hydrogen-bond acceptors (Lipinski definition) is 5. The summed E-state index contributed by atoms with van der Waals surface area (Å²) in [6.45, 7) is 5.20. The fourth-order valence-corrected chi connectivity index (χ4v) is 4.80. The molecule has 216 valence electrons. The van der Waals surface area contributed by atoms with E-state index in [1.54, 1.807) is 31.3 Å². The van der Waals surface area contributed by atoms with E-state index < -0.39 is 0 Å². The van der Waals surface area contributed by atoms with Gasteiger partial charge < -0.3 is 29.0 Å². The summed E-state index contributed by atoms with van der Waals surface area (Å²) in [5, 5.41) is 1.14. The second-order valence-electron chi connectivity index (χ2n) is 10.4. The van der Waals surface area contributed by atoms with Gasteiger partial charge in [-0.2, -0.15) is 0 Å². The maximum Gasteiger partial charge on any atom is 0.260 e. The zero-order valence-corrected chi connectivity index (χ0v) is 24.3. The van der Waals surface area contributed by atoms with E-state index in [-0.39, 0.29) is 30.9 Å². The van der Waals surface area contributed by atoms with Gasteiger partial charge in [-0.05, 0) is 53.8 Å². The number of H-pyrrole nitrogens is 1. The minimum absolute atomic E-state index is 0.0314. The monoisotopic (exact) mass is 557 g/mol. The van der Waals surface area contributed by atoms with Crippen molar-refractivity contribution in [3.05, 3.63) is 90.1 Å². The third-order valence-electron chi connectivity index (χ3n) is 6.87. The number of methoxy groups -OCH3 is 2. The molecule has 1 heterocycles. The number of fused-ring (bicyclic) bond motifs is 1. The van der Waals surface area contributed by atoms with E-state index in [1.165, 1.54) is 0 Å². The molecule has 0 spiro atoms. The SMILES string of the molecule is COc1ccc(CN(CCc2c[nH]c3ccccc23)C(=O)CN(CC(C)C)C(=O)COc2ccccc2)cc1OC. The van der Waals surface area contributed by atoms with Crippen molar-refractivity contribution in [3.63, 3.8) is 0 Å². The van der Waals surface area contributed by atoms with Crippen molar-refractivity contribution in [1.82, 2.24) is 14.8 Å². The third-order valence-corrected chi connectivity index (χ3v) is 6.87. The lowest BCUT2D eigenvalue weighted by molar-refractivity contribution is -0.142. The van der Waals surface area contributed by atoms with E-state index in [2.05, 4.69) is 11.1 Å². The Kier molecular flexibility index (Phi) is 10.3. The first-order valence-corrected chi connectivity index (χ1v) is 13.9. The van der Waals surface area contributed by atoms with Crippen LogP contribution in [-0.4, -0.2) is 67.1 Å². The van der Waals surface area contributed by atoms with Crippen LogP contribution in [0.2, 0.25) is 0 Å². The van der Waals surface area contributed by atoms with Crippen LogP contribution in [0.25, 0.3) is 10.9 Å². The maximum atomic E-state index is 13.8. The Balaban J connectivity index is 1.52. The van der Waals surface area contributed by atoms with Gasteiger partial charge in [-0.1, -0.05) is 56.3 Å². The zero-order chi connectivity index (χ0) is 29.2. The number of nitrogens with one attached hydrogen (secondary N) is 1. The molecule has 8 nitrogen and oxygen atoms in total. The summed E-state index contributed by atoms with van der Waals surface area (Å²) in [7, 11) is 3.19. The van der Waals surface area contributed by atoms with E-state index in [0.717, 1.165) is 22.0 Å². The predicted octanol–water partition coefficient (Wildman–Crippen LogP) is 5.32. The first-order valence-electron chi connectivity index (χ1n) is 13.9. The standard InChI is InChI=1S/C33H39N3O5/c1-24(2)20-36(33(38)23-41-27-10-6-5-7-11-27)22-32(37)35(21-25-14-15-30(39-3)31(18-25)40-4)17-16-26-19-34-29-13-9-8-12-28(26)29/h5-15,18-19,24,34H,16-17,20-23H2,1-4H3. The first-order chi connectivity index (χ1) is 19.9. The molecule has 0 aliphatic heterocycles. The Morgan fingerprint density at radius 2 is 1.59 bits per heavy atom. The summed E-state index contributed by atoms with van der Waals surface area (Å²) >= 11 is 0.